The molecule has 2 atom stereocenters. The van der Waals surface area contributed by atoms with E-state index in [1.807, 2.05) is 30.3 Å². The first-order chi connectivity index (χ1) is 12.9. The molecule has 0 spiro atoms. The number of halogens is 1. The number of nitrogens with zero attached hydrogens (tertiary/aromatic N) is 1. The van der Waals surface area contributed by atoms with Gasteiger partial charge in [0.25, 0.3) is 0 Å². The second-order valence-corrected chi connectivity index (χ2v) is 8.71. The Labute approximate surface area is 172 Å². The van der Waals surface area contributed by atoms with Gasteiger partial charge in [0, 0.05) is 19.0 Å². The van der Waals surface area contributed by atoms with Gasteiger partial charge in [0.05, 0.1) is 17.6 Å². The van der Waals surface area contributed by atoms with E-state index in [4.69, 9.17) is 10.5 Å². The minimum atomic E-state index is -3.75. The van der Waals surface area contributed by atoms with Crippen LogP contribution in [-0.4, -0.2) is 45.4 Å². The molecule has 1 saturated heterocycles. The number of aryl methyl sites for hydroxylation is 1. The normalized spacial score (nSPS) is 19.8. The number of hydrogen-bond acceptors (Lipinski definition) is 5. The molecule has 28 heavy (non-hydrogen) atoms. The van der Waals surface area contributed by atoms with Crippen molar-refractivity contribution in [2.45, 2.75) is 17.7 Å². The second-order valence-electron chi connectivity index (χ2n) is 6.81. The van der Waals surface area contributed by atoms with Gasteiger partial charge in [-0.05, 0) is 42.6 Å². The van der Waals surface area contributed by atoms with Crippen LogP contribution in [0.15, 0.2) is 53.4 Å². The number of ether oxygens (including phenoxy) is 1. The molecule has 1 heterocycles. The molecule has 0 aromatic heterocycles. The number of carbonyl (C=O) groups excluding carboxylic acids is 1. The van der Waals surface area contributed by atoms with E-state index in [9.17, 15) is 13.2 Å². The highest BCUT2D eigenvalue weighted by atomic mass is 35.5. The standard InChI is InChI=1S/C20H24N2O4S.ClH/c1-14-8-9-16(20(23)26-2)10-19(14)27(24,25)22-12-17(11-21)18(13-22)15-6-4-3-5-7-15;/h3-10,17-18H,11-13,21H2,1-2H3;1H/t17-,18+;/m1./s1. The van der Waals surface area contributed by atoms with Crippen LogP contribution in [0.25, 0.3) is 0 Å². The molecule has 1 aliphatic rings. The molecule has 0 bridgehead atoms. The summed E-state index contributed by atoms with van der Waals surface area (Å²) in [5.41, 5.74) is 7.83. The van der Waals surface area contributed by atoms with Gasteiger partial charge in [-0.1, -0.05) is 36.4 Å². The van der Waals surface area contributed by atoms with Gasteiger partial charge in [-0.2, -0.15) is 4.31 Å². The lowest BCUT2D eigenvalue weighted by atomic mass is 9.89. The van der Waals surface area contributed by atoms with Crippen molar-refractivity contribution in [3.63, 3.8) is 0 Å². The van der Waals surface area contributed by atoms with Crippen molar-refractivity contribution in [2.75, 3.05) is 26.7 Å². The third kappa shape index (κ3) is 4.22. The number of carbonyl (C=O) groups is 1. The zero-order valence-electron chi connectivity index (χ0n) is 15.9. The Hall–Kier alpha value is -1.93. The molecule has 1 aliphatic heterocycles. The average molecular weight is 425 g/mol. The molecule has 2 aromatic rings. The SMILES string of the molecule is COC(=O)c1ccc(C)c(S(=O)(=O)N2C[C@@H](CN)[C@H](c3ccccc3)C2)c1.Cl. The van der Waals surface area contributed by atoms with Gasteiger partial charge in [-0.3, -0.25) is 0 Å². The molecule has 0 saturated carbocycles. The van der Waals surface area contributed by atoms with Crippen LogP contribution in [0.4, 0.5) is 0 Å². The van der Waals surface area contributed by atoms with Crippen molar-refractivity contribution < 1.29 is 17.9 Å². The maximum absolute atomic E-state index is 13.3. The summed E-state index contributed by atoms with van der Waals surface area (Å²) in [6.45, 7) is 2.86. The van der Waals surface area contributed by atoms with Crippen LogP contribution in [0, 0.1) is 12.8 Å². The number of benzene rings is 2. The first-order valence-corrected chi connectivity index (χ1v) is 10.3. The number of nitrogens with two attached hydrogens (primary N) is 1. The van der Waals surface area contributed by atoms with E-state index in [0.717, 1.165) is 5.56 Å². The summed E-state index contributed by atoms with van der Waals surface area (Å²) in [7, 11) is -2.48. The van der Waals surface area contributed by atoms with Crippen LogP contribution >= 0.6 is 12.4 Å². The molecule has 152 valence electrons. The number of sulfonamides is 1. The molecule has 6 nitrogen and oxygen atoms in total. The highest BCUT2D eigenvalue weighted by Crippen LogP contribution is 2.35. The van der Waals surface area contributed by atoms with Gasteiger partial charge in [-0.25, -0.2) is 13.2 Å². The molecule has 0 aliphatic carbocycles. The molecule has 2 aromatic carbocycles. The lowest BCUT2D eigenvalue weighted by molar-refractivity contribution is 0.0600. The molecule has 3 rings (SSSR count). The topological polar surface area (TPSA) is 89.7 Å². The Morgan fingerprint density at radius 1 is 1.18 bits per heavy atom. The Morgan fingerprint density at radius 3 is 2.46 bits per heavy atom. The van der Waals surface area contributed by atoms with Gasteiger partial charge in [0.1, 0.15) is 0 Å². The van der Waals surface area contributed by atoms with Crippen LogP contribution in [-0.2, 0) is 14.8 Å². The van der Waals surface area contributed by atoms with E-state index < -0.39 is 16.0 Å². The lowest BCUT2D eigenvalue weighted by Gasteiger charge is -2.18. The first-order valence-electron chi connectivity index (χ1n) is 8.82. The highest BCUT2D eigenvalue weighted by Gasteiger charge is 2.40. The summed E-state index contributed by atoms with van der Waals surface area (Å²) in [4.78, 5) is 11.9. The number of methoxy groups -OCH3 is 1. The van der Waals surface area contributed by atoms with Gasteiger partial charge >= 0.3 is 5.97 Å². The predicted octanol–water partition coefficient (Wildman–Crippen LogP) is 2.57. The van der Waals surface area contributed by atoms with Crippen LogP contribution in [0.3, 0.4) is 0 Å². The fraction of sp³-hybridized carbons (Fsp3) is 0.350. The summed E-state index contributed by atoms with van der Waals surface area (Å²) in [5, 5.41) is 0. The fourth-order valence-corrected chi connectivity index (χ4v) is 5.38. The monoisotopic (exact) mass is 424 g/mol. The quantitative estimate of drug-likeness (QED) is 0.745. The van der Waals surface area contributed by atoms with E-state index >= 15 is 0 Å². The van der Waals surface area contributed by atoms with Crippen molar-refractivity contribution >= 4 is 28.4 Å². The van der Waals surface area contributed by atoms with Crippen molar-refractivity contribution in [2.24, 2.45) is 11.7 Å². The zero-order chi connectivity index (χ0) is 19.6. The average Bonchev–Trinajstić information content (AvgIpc) is 3.13. The van der Waals surface area contributed by atoms with Crippen LogP contribution in [0.2, 0.25) is 0 Å². The maximum Gasteiger partial charge on any atom is 0.337 e. The Balaban J connectivity index is 0.00000280. The number of hydrogen-bond donors (Lipinski definition) is 1. The summed E-state index contributed by atoms with van der Waals surface area (Å²) >= 11 is 0. The third-order valence-corrected chi connectivity index (χ3v) is 7.14. The lowest BCUT2D eigenvalue weighted by Crippen LogP contribution is -2.30. The minimum absolute atomic E-state index is 0. The number of rotatable bonds is 5. The summed E-state index contributed by atoms with van der Waals surface area (Å²) in [6.07, 6.45) is 0. The smallest absolute Gasteiger partial charge is 0.337 e. The summed E-state index contributed by atoms with van der Waals surface area (Å²) in [5.74, 6) is -0.462. The van der Waals surface area contributed by atoms with Crippen molar-refractivity contribution in [3.8, 4) is 0 Å². The molecule has 8 heteroatoms. The summed E-state index contributed by atoms with van der Waals surface area (Å²) < 4.78 is 32.8. The minimum Gasteiger partial charge on any atom is -0.465 e. The van der Waals surface area contributed by atoms with E-state index in [1.165, 1.54) is 17.5 Å². The van der Waals surface area contributed by atoms with E-state index in [0.29, 0.717) is 25.2 Å². The molecule has 2 N–H and O–H groups in total. The Morgan fingerprint density at radius 2 is 1.86 bits per heavy atom. The van der Waals surface area contributed by atoms with E-state index in [-0.39, 0.29) is 34.7 Å². The van der Waals surface area contributed by atoms with Crippen molar-refractivity contribution in [3.05, 3.63) is 65.2 Å². The molecule has 1 fully saturated rings. The zero-order valence-corrected chi connectivity index (χ0v) is 17.5. The van der Waals surface area contributed by atoms with E-state index in [1.54, 1.807) is 19.1 Å². The molecule has 0 unspecified atom stereocenters. The van der Waals surface area contributed by atoms with Gasteiger partial charge in [-0.15, -0.1) is 12.4 Å². The van der Waals surface area contributed by atoms with Crippen LogP contribution in [0.1, 0.15) is 27.4 Å². The molecule has 0 amide bonds. The maximum atomic E-state index is 13.3. The predicted molar refractivity (Wildman–Crippen MR) is 110 cm³/mol. The van der Waals surface area contributed by atoms with Gasteiger partial charge in [0.15, 0.2) is 0 Å². The fourth-order valence-electron chi connectivity index (χ4n) is 3.61. The molecular weight excluding hydrogens is 400 g/mol. The molecular formula is C20H25ClN2O4S. The molecule has 0 radical (unpaired) electrons. The van der Waals surface area contributed by atoms with Gasteiger partial charge < -0.3 is 10.5 Å². The van der Waals surface area contributed by atoms with Gasteiger partial charge in [0.2, 0.25) is 10.0 Å². The Bertz CT molecular complexity index is 934. The van der Waals surface area contributed by atoms with Crippen LogP contribution in [0.5, 0.6) is 0 Å². The van der Waals surface area contributed by atoms with Crippen molar-refractivity contribution in [1.82, 2.24) is 4.31 Å². The highest BCUT2D eigenvalue weighted by molar-refractivity contribution is 7.89. The van der Waals surface area contributed by atoms with E-state index in [2.05, 4.69) is 0 Å². The van der Waals surface area contributed by atoms with Crippen LogP contribution < -0.4 is 5.73 Å². The van der Waals surface area contributed by atoms with Crippen molar-refractivity contribution in [1.29, 1.82) is 0 Å². The third-order valence-electron chi connectivity index (χ3n) is 5.17. The number of esters is 1. The Kier molecular flexibility index (Phi) is 7.22. The second kappa shape index (κ2) is 9.05. The first kappa shape index (κ1) is 22.4. The largest absolute Gasteiger partial charge is 0.465 e. The summed E-state index contributed by atoms with van der Waals surface area (Å²) in [6, 6.07) is 14.4.